The molecule has 0 amide bonds. The second-order valence-electron chi connectivity index (χ2n) is 5.25. The van der Waals surface area contributed by atoms with Crippen LogP contribution in [0.3, 0.4) is 0 Å². The Morgan fingerprint density at radius 1 is 1.10 bits per heavy atom. The molecule has 0 atom stereocenters. The number of aliphatic hydroxyl groups excluding tert-OH is 1. The summed E-state index contributed by atoms with van der Waals surface area (Å²) in [6, 6.07) is 11.6. The van der Waals surface area contributed by atoms with Crippen LogP contribution in [0.1, 0.15) is 13.8 Å². The van der Waals surface area contributed by atoms with Crippen LogP contribution in [-0.4, -0.2) is 34.3 Å². The zero-order chi connectivity index (χ0) is 14.6. The Morgan fingerprint density at radius 3 is 2.35 bits per heavy atom. The molecular formula is C15H20N4O. The van der Waals surface area contributed by atoms with E-state index in [1.54, 1.807) is 0 Å². The fourth-order valence-electron chi connectivity index (χ4n) is 1.74. The lowest BCUT2D eigenvalue weighted by molar-refractivity contribution is 0.234. The average Bonchev–Trinajstić information content (AvgIpc) is 2.47. The van der Waals surface area contributed by atoms with E-state index in [0.29, 0.717) is 11.6 Å². The van der Waals surface area contributed by atoms with Crippen LogP contribution in [0.2, 0.25) is 0 Å². The van der Waals surface area contributed by atoms with Crippen molar-refractivity contribution >= 4 is 11.6 Å². The van der Waals surface area contributed by atoms with Gasteiger partial charge in [-0.2, -0.15) is 0 Å². The van der Waals surface area contributed by atoms with E-state index in [-0.39, 0.29) is 6.61 Å². The monoisotopic (exact) mass is 272 g/mol. The minimum absolute atomic E-state index is 0.0204. The highest BCUT2D eigenvalue weighted by molar-refractivity contribution is 5.61. The molecule has 3 N–H and O–H groups in total. The molecule has 0 aliphatic carbocycles. The van der Waals surface area contributed by atoms with Crippen molar-refractivity contribution in [1.82, 2.24) is 9.97 Å². The summed E-state index contributed by atoms with van der Waals surface area (Å²) in [5.41, 5.74) is 0.516. The van der Waals surface area contributed by atoms with Gasteiger partial charge in [0, 0.05) is 18.7 Å². The summed E-state index contributed by atoms with van der Waals surface area (Å²) in [7, 11) is 1.82. The van der Waals surface area contributed by atoms with Crippen molar-refractivity contribution in [2.75, 3.05) is 24.3 Å². The average molecular weight is 272 g/mol. The van der Waals surface area contributed by atoms with Gasteiger partial charge >= 0.3 is 0 Å². The van der Waals surface area contributed by atoms with Gasteiger partial charge in [0.25, 0.3) is 0 Å². The molecule has 0 spiro atoms. The number of rotatable bonds is 5. The van der Waals surface area contributed by atoms with E-state index in [2.05, 4.69) is 20.6 Å². The Kier molecular flexibility index (Phi) is 4.20. The van der Waals surface area contributed by atoms with Crippen molar-refractivity contribution in [2.24, 2.45) is 0 Å². The number of hydrogen-bond donors (Lipinski definition) is 3. The first-order chi connectivity index (χ1) is 9.54. The Balaban J connectivity index is 2.39. The Hall–Kier alpha value is -2.14. The molecular weight excluding hydrogens is 252 g/mol. The van der Waals surface area contributed by atoms with Crippen molar-refractivity contribution in [1.29, 1.82) is 0 Å². The first-order valence-corrected chi connectivity index (χ1v) is 6.55. The van der Waals surface area contributed by atoms with Crippen molar-refractivity contribution in [3.8, 4) is 11.4 Å². The molecule has 0 aliphatic heterocycles. The molecule has 0 bridgehead atoms. The minimum atomic E-state index is -0.437. The summed E-state index contributed by atoms with van der Waals surface area (Å²) < 4.78 is 0. The molecule has 0 saturated heterocycles. The van der Waals surface area contributed by atoms with Crippen LogP contribution in [0.15, 0.2) is 36.4 Å². The van der Waals surface area contributed by atoms with E-state index in [9.17, 15) is 5.11 Å². The molecule has 1 heterocycles. The molecule has 1 aromatic carbocycles. The third-order valence-corrected chi connectivity index (χ3v) is 2.88. The maximum Gasteiger partial charge on any atom is 0.163 e. The van der Waals surface area contributed by atoms with Gasteiger partial charge in [-0.05, 0) is 13.8 Å². The smallest absolute Gasteiger partial charge is 0.163 e. The molecule has 0 fully saturated rings. The zero-order valence-corrected chi connectivity index (χ0v) is 12.0. The molecule has 5 nitrogen and oxygen atoms in total. The SMILES string of the molecule is CNc1cc(NC(C)(C)CO)nc(-c2ccccc2)n1. The van der Waals surface area contributed by atoms with Gasteiger partial charge in [0.05, 0.1) is 12.1 Å². The Labute approximate surface area is 119 Å². The van der Waals surface area contributed by atoms with Crippen molar-refractivity contribution in [3.05, 3.63) is 36.4 Å². The largest absolute Gasteiger partial charge is 0.394 e. The summed E-state index contributed by atoms with van der Waals surface area (Å²) in [5, 5.41) is 15.6. The fraction of sp³-hybridized carbons (Fsp3) is 0.333. The van der Waals surface area contributed by atoms with Gasteiger partial charge < -0.3 is 15.7 Å². The van der Waals surface area contributed by atoms with Crippen LogP contribution >= 0.6 is 0 Å². The van der Waals surface area contributed by atoms with E-state index in [4.69, 9.17) is 0 Å². The van der Waals surface area contributed by atoms with Crippen LogP contribution in [-0.2, 0) is 0 Å². The van der Waals surface area contributed by atoms with Crippen molar-refractivity contribution in [3.63, 3.8) is 0 Å². The summed E-state index contributed by atoms with van der Waals surface area (Å²) >= 11 is 0. The lowest BCUT2D eigenvalue weighted by Gasteiger charge is -2.24. The number of nitrogens with zero attached hydrogens (tertiary/aromatic N) is 2. The normalized spacial score (nSPS) is 11.2. The quantitative estimate of drug-likeness (QED) is 0.779. The summed E-state index contributed by atoms with van der Waals surface area (Å²) in [6.07, 6.45) is 0. The third kappa shape index (κ3) is 3.45. The molecule has 106 valence electrons. The predicted molar refractivity (Wildman–Crippen MR) is 81.8 cm³/mol. The van der Waals surface area contributed by atoms with E-state index >= 15 is 0 Å². The van der Waals surface area contributed by atoms with E-state index < -0.39 is 5.54 Å². The minimum Gasteiger partial charge on any atom is -0.394 e. The summed E-state index contributed by atoms with van der Waals surface area (Å²) in [5.74, 6) is 2.06. The standard InChI is InChI=1S/C15H20N4O/c1-15(2,10-20)19-13-9-12(16-3)17-14(18-13)11-7-5-4-6-8-11/h4-9,20H,10H2,1-3H3,(H2,16,17,18,19). The molecule has 0 aliphatic rings. The molecule has 2 rings (SSSR count). The number of hydrogen-bond acceptors (Lipinski definition) is 5. The number of nitrogens with one attached hydrogen (secondary N) is 2. The fourth-order valence-corrected chi connectivity index (χ4v) is 1.74. The van der Waals surface area contributed by atoms with Crippen LogP contribution in [0.25, 0.3) is 11.4 Å². The van der Waals surface area contributed by atoms with Crippen LogP contribution in [0.5, 0.6) is 0 Å². The second kappa shape index (κ2) is 5.88. The van der Waals surface area contributed by atoms with Crippen molar-refractivity contribution < 1.29 is 5.11 Å². The van der Waals surface area contributed by atoms with Gasteiger partial charge in [-0.1, -0.05) is 30.3 Å². The molecule has 0 saturated carbocycles. The molecule has 20 heavy (non-hydrogen) atoms. The highest BCUT2D eigenvalue weighted by atomic mass is 16.3. The molecule has 5 heteroatoms. The maximum absolute atomic E-state index is 9.35. The molecule has 0 radical (unpaired) electrons. The van der Waals surface area contributed by atoms with Crippen LogP contribution < -0.4 is 10.6 Å². The van der Waals surface area contributed by atoms with Crippen LogP contribution in [0, 0.1) is 0 Å². The number of aromatic nitrogens is 2. The number of aliphatic hydroxyl groups is 1. The van der Waals surface area contributed by atoms with E-state index in [0.717, 1.165) is 11.4 Å². The van der Waals surface area contributed by atoms with Gasteiger partial charge in [0.2, 0.25) is 0 Å². The lowest BCUT2D eigenvalue weighted by Crippen LogP contribution is -2.35. The predicted octanol–water partition coefficient (Wildman–Crippen LogP) is 2.37. The summed E-state index contributed by atoms with van der Waals surface area (Å²) in [6.45, 7) is 3.85. The zero-order valence-electron chi connectivity index (χ0n) is 12.0. The summed E-state index contributed by atoms with van der Waals surface area (Å²) in [4.78, 5) is 8.96. The highest BCUT2D eigenvalue weighted by Crippen LogP contribution is 2.21. The maximum atomic E-state index is 9.35. The van der Waals surface area contributed by atoms with Gasteiger partial charge in [-0.3, -0.25) is 0 Å². The van der Waals surface area contributed by atoms with Crippen LogP contribution in [0.4, 0.5) is 11.6 Å². The van der Waals surface area contributed by atoms with Gasteiger partial charge in [0.1, 0.15) is 11.6 Å². The number of benzene rings is 1. The Morgan fingerprint density at radius 2 is 1.75 bits per heavy atom. The van der Waals surface area contributed by atoms with Gasteiger partial charge in [-0.15, -0.1) is 0 Å². The second-order valence-corrected chi connectivity index (χ2v) is 5.25. The molecule has 2 aromatic rings. The lowest BCUT2D eigenvalue weighted by atomic mass is 10.1. The van der Waals surface area contributed by atoms with E-state index in [1.807, 2.05) is 57.3 Å². The van der Waals surface area contributed by atoms with E-state index in [1.165, 1.54) is 0 Å². The number of anilines is 2. The van der Waals surface area contributed by atoms with Gasteiger partial charge in [0.15, 0.2) is 5.82 Å². The molecule has 0 unspecified atom stereocenters. The van der Waals surface area contributed by atoms with Crippen molar-refractivity contribution in [2.45, 2.75) is 19.4 Å². The first kappa shape index (κ1) is 14.3. The third-order valence-electron chi connectivity index (χ3n) is 2.88. The highest BCUT2D eigenvalue weighted by Gasteiger charge is 2.17. The topological polar surface area (TPSA) is 70.1 Å². The molecule has 1 aromatic heterocycles. The van der Waals surface area contributed by atoms with Gasteiger partial charge in [-0.25, -0.2) is 9.97 Å². The Bertz CT molecular complexity index is 569. The first-order valence-electron chi connectivity index (χ1n) is 6.55.